The molecule has 1 unspecified atom stereocenters. The summed E-state index contributed by atoms with van der Waals surface area (Å²) in [6.45, 7) is 5.51. The van der Waals surface area contributed by atoms with Crippen LogP contribution in [0, 0.1) is 0 Å². The molecule has 0 aliphatic carbocycles. The number of allylic oxidation sites excluding steroid dienone is 1. The first-order valence-electron chi connectivity index (χ1n) is 7.73. The summed E-state index contributed by atoms with van der Waals surface area (Å²) in [6, 6.07) is 7.22. The fraction of sp³-hybridized carbons (Fsp3) is 0.333. The lowest BCUT2D eigenvalue weighted by atomic mass is 9.81. The highest BCUT2D eigenvalue weighted by Crippen LogP contribution is 2.41. The molecule has 0 saturated heterocycles. The number of nitrogens with one attached hydrogen (secondary N) is 1. The first-order chi connectivity index (χ1) is 11.4. The minimum Gasteiger partial charge on any atom is -0.460 e. The molecular formula is C18H18ClNO4. The number of hydrogen-bond donors (Lipinski definition) is 1. The molecule has 126 valence electrons. The molecule has 0 fully saturated rings. The standard InChI is InChI=1S/C18H18ClNO4/c1-9(2)24-17(21)14-10(3)20-16-13(8-23-18(16)22)15(14)11-4-6-12(19)7-5-11/h4-7,9,15,20H,8H2,1-3H3. The first kappa shape index (κ1) is 16.6. The maximum atomic E-state index is 12.6. The van der Waals surface area contributed by atoms with Gasteiger partial charge in [-0.15, -0.1) is 0 Å². The van der Waals surface area contributed by atoms with Gasteiger partial charge in [-0.05, 0) is 38.5 Å². The third kappa shape index (κ3) is 2.91. The van der Waals surface area contributed by atoms with Gasteiger partial charge >= 0.3 is 11.9 Å². The molecule has 0 aromatic heterocycles. The maximum absolute atomic E-state index is 12.6. The highest BCUT2D eigenvalue weighted by atomic mass is 35.5. The zero-order chi connectivity index (χ0) is 17.4. The number of carbonyl (C=O) groups excluding carboxylic acids is 2. The van der Waals surface area contributed by atoms with Crippen LogP contribution in [0.5, 0.6) is 0 Å². The van der Waals surface area contributed by atoms with Crippen LogP contribution in [-0.2, 0) is 19.1 Å². The van der Waals surface area contributed by atoms with E-state index in [9.17, 15) is 9.59 Å². The van der Waals surface area contributed by atoms with Crippen molar-refractivity contribution in [3.8, 4) is 0 Å². The normalized spacial score (nSPS) is 20.0. The lowest BCUT2D eigenvalue weighted by Crippen LogP contribution is -2.31. The summed E-state index contributed by atoms with van der Waals surface area (Å²) in [4.78, 5) is 24.6. The monoisotopic (exact) mass is 347 g/mol. The van der Waals surface area contributed by atoms with Crippen LogP contribution in [0.1, 0.15) is 32.3 Å². The van der Waals surface area contributed by atoms with E-state index in [1.165, 1.54) is 0 Å². The van der Waals surface area contributed by atoms with E-state index in [-0.39, 0.29) is 12.7 Å². The van der Waals surface area contributed by atoms with Gasteiger partial charge in [0.25, 0.3) is 0 Å². The summed E-state index contributed by atoms with van der Waals surface area (Å²) >= 11 is 5.97. The van der Waals surface area contributed by atoms with E-state index in [0.717, 1.165) is 11.1 Å². The second-order valence-electron chi connectivity index (χ2n) is 6.08. The molecule has 1 aromatic carbocycles. The van der Waals surface area contributed by atoms with Gasteiger partial charge in [-0.3, -0.25) is 0 Å². The highest BCUT2D eigenvalue weighted by molar-refractivity contribution is 6.30. The molecule has 3 rings (SSSR count). The fourth-order valence-electron chi connectivity index (χ4n) is 2.99. The molecule has 0 bridgehead atoms. The number of dihydropyridines is 1. The Balaban J connectivity index is 2.10. The van der Waals surface area contributed by atoms with E-state index in [0.29, 0.717) is 22.0 Å². The van der Waals surface area contributed by atoms with E-state index in [4.69, 9.17) is 21.1 Å². The Hall–Kier alpha value is -2.27. The summed E-state index contributed by atoms with van der Waals surface area (Å²) in [5.41, 5.74) is 3.10. The number of halogens is 1. The van der Waals surface area contributed by atoms with Gasteiger partial charge in [0, 0.05) is 22.2 Å². The molecule has 24 heavy (non-hydrogen) atoms. The molecule has 6 heteroatoms. The van der Waals surface area contributed by atoms with Crippen molar-refractivity contribution in [3.63, 3.8) is 0 Å². The van der Waals surface area contributed by atoms with Crippen LogP contribution in [0.4, 0.5) is 0 Å². The molecule has 0 radical (unpaired) electrons. The topological polar surface area (TPSA) is 64.6 Å². The molecular weight excluding hydrogens is 330 g/mol. The summed E-state index contributed by atoms with van der Waals surface area (Å²) in [7, 11) is 0. The zero-order valence-corrected chi connectivity index (χ0v) is 14.4. The summed E-state index contributed by atoms with van der Waals surface area (Å²) in [6.07, 6.45) is -0.236. The van der Waals surface area contributed by atoms with E-state index in [1.54, 1.807) is 32.9 Å². The second kappa shape index (κ2) is 6.32. The SMILES string of the molecule is CC1=C(C(=O)OC(C)C)C(c2ccc(Cl)cc2)C2=C(N1)C(=O)OC2. The summed E-state index contributed by atoms with van der Waals surface area (Å²) < 4.78 is 10.6. The minimum atomic E-state index is -0.403. The smallest absolute Gasteiger partial charge is 0.355 e. The van der Waals surface area contributed by atoms with Crippen LogP contribution in [0.2, 0.25) is 5.02 Å². The van der Waals surface area contributed by atoms with Gasteiger partial charge in [0.2, 0.25) is 0 Å². The lowest BCUT2D eigenvalue weighted by molar-refractivity contribution is -0.143. The fourth-order valence-corrected chi connectivity index (χ4v) is 3.12. The van der Waals surface area contributed by atoms with Gasteiger partial charge in [0.1, 0.15) is 12.3 Å². The van der Waals surface area contributed by atoms with Crippen molar-refractivity contribution in [3.05, 3.63) is 57.4 Å². The van der Waals surface area contributed by atoms with Gasteiger partial charge < -0.3 is 14.8 Å². The molecule has 0 amide bonds. The van der Waals surface area contributed by atoms with Gasteiger partial charge in [-0.25, -0.2) is 9.59 Å². The summed E-state index contributed by atoms with van der Waals surface area (Å²) in [5, 5.41) is 3.61. The van der Waals surface area contributed by atoms with Crippen molar-refractivity contribution in [1.82, 2.24) is 5.32 Å². The van der Waals surface area contributed by atoms with Crippen LogP contribution in [0.25, 0.3) is 0 Å². The van der Waals surface area contributed by atoms with Crippen molar-refractivity contribution in [1.29, 1.82) is 0 Å². The number of ether oxygens (including phenoxy) is 2. The quantitative estimate of drug-likeness (QED) is 0.851. The Morgan fingerprint density at radius 1 is 1.33 bits per heavy atom. The minimum absolute atomic E-state index is 0.153. The van der Waals surface area contributed by atoms with Crippen molar-refractivity contribution in [2.75, 3.05) is 6.61 Å². The van der Waals surface area contributed by atoms with Crippen LogP contribution in [0.3, 0.4) is 0 Å². The Kier molecular flexibility index (Phi) is 4.37. The number of esters is 2. The van der Waals surface area contributed by atoms with Crippen molar-refractivity contribution in [2.24, 2.45) is 0 Å². The largest absolute Gasteiger partial charge is 0.460 e. The number of carbonyl (C=O) groups is 2. The molecule has 2 aliphatic heterocycles. The third-order valence-electron chi connectivity index (χ3n) is 4.00. The summed E-state index contributed by atoms with van der Waals surface area (Å²) in [5.74, 6) is -1.20. The zero-order valence-electron chi connectivity index (χ0n) is 13.7. The maximum Gasteiger partial charge on any atom is 0.355 e. The average Bonchev–Trinajstić information content (AvgIpc) is 2.87. The van der Waals surface area contributed by atoms with E-state index >= 15 is 0 Å². The number of benzene rings is 1. The lowest BCUT2D eigenvalue weighted by Gasteiger charge is -2.28. The molecule has 2 aliphatic rings. The van der Waals surface area contributed by atoms with Crippen molar-refractivity contribution < 1.29 is 19.1 Å². The molecule has 5 nitrogen and oxygen atoms in total. The predicted octanol–water partition coefficient (Wildman–Crippen LogP) is 3.06. The third-order valence-corrected chi connectivity index (χ3v) is 4.26. The predicted molar refractivity (Wildman–Crippen MR) is 89.2 cm³/mol. The van der Waals surface area contributed by atoms with E-state index in [1.807, 2.05) is 12.1 Å². The van der Waals surface area contributed by atoms with Gasteiger partial charge in [-0.1, -0.05) is 23.7 Å². The van der Waals surface area contributed by atoms with Gasteiger partial charge in [0.05, 0.1) is 11.7 Å². The molecule has 1 N–H and O–H groups in total. The Labute approximate surface area is 145 Å². The number of cyclic esters (lactones) is 1. The molecule has 2 heterocycles. The Morgan fingerprint density at radius 2 is 2.00 bits per heavy atom. The first-order valence-corrected chi connectivity index (χ1v) is 8.10. The number of rotatable bonds is 3. The molecule has 1 aromatic rings. The van der Waals surface area contributed by atoms with E-state index in [2.05, 4.69) is 5.32 Å². The van der Waals surface area contributed by atoms with Crippen molar-refractivity contribution >= 4 is 23.5 Å². The molecule has 0 spiro atoms. The van der Waals surface area contributed by atoms with Crippen LogP contribution in [-0.4, -0.2) is 24.6 Å². The van der Waals surface area contributed by atoms with Gasteiger partial charge in [-0.2, -0.15) is 0 Å². The van der Waals surface area contributed by atoms with E-state index < -0.39 is 17.9 Å². The second-order valence-corrected chi connectivity index (χ2v) is 6.52. The molecule has 0 saturated carbocycles. The average molecular weight is 348 g/mol. The van der Waals surface area contributed by atoms with Crippen LogP contribution < -0.4 is 5.32 Å². The van der Waals surface area contributed by atoms with Crippen LogP contribution >= 0.6 is 11.6 Å². The van der Waals surface area contributed by atoms with Crippen LogP contribution in [0.15, 0.2) is 46.8 Å². The Morgan fingerprint density at radius 3 is 2.62 bits per heavy atom. The number of hydrogen-bond acceptors (Lipinski definition) is 5. The Bertz CT molecular complexity index is 762. The molecule has 1 atom stereocenters. The van der Waals surface area contributed by atoms with Crippen molar-refractivity contribution in [2.45, 2.75) is 32.8 Å². The van der Waals surface area contributed by atoms with Gasteiger partial charge in [0.15, 0.2) is 0 Å². The highest BCUT2D eigenvalue weighted by Gasteiger charge is 2.40.